The summed E-state index contributed by atoms with van der Waals surface area (Å²) in [6, 6.07) is 6.76. The molecular weight excluding hydrogens is 337 g/mol. The van der Waals surface area contributed by atoms with Gasteiger partial charge in [-0.1, -0.05) is 23.2 Å². The minimum absolute atomic E-state index is 0.252. The highest BCUT2D eigenvalue weighted by Crippen LogP contribution is 2.29. The van der Waals surface area contributed by atoms with Crippen molar-refractivity contribution in [1.82, 2.24) is 25.3 Å². The Morgan fingerprint density at radius 1 is 1.35 bits per heavy atom. The number of rotatable bonds is 4. The molecule has 0 aliphatic carbocycles. The Morgan fingerprint density at radius 3 is 2.87 bits per heavy atom. The summed E-state index contributed by atoms with van der Waals surface area (Å²) in [6.07, 6.45) is 3.54. The van der Waals surface area contributed by atoms with Gasteiger partial charge in [-0.05, 0) is 24.3 Å². The molecule has 3 rings (SSSR count). The third-order valence-corrected chi connectivity index (χ3v) is 3.79. The van der Waals surface area contributed by atoms with Crippen molar-refractivity contribution in [2.75, 3.05) is 0 Å². The van der Waals surface area contributed by atoms with Crippen molar-refractivity contribution in [3.63, 3.8) is 0 Å². The van der Waals surface area contributed by atoms with E-state index in [1.165, 1.54) is 0 Å². The number of benzene rings is 1. The first-order valence-electron chi connectivity index (χ1n) is 6.79. The van der Waals surface area contributed by atoms with Crippen LogP contribution in [0.5, 0.6) is 0 Å². The molecule has 3 aromatic rings. The molecule has 0 spiro atoms. The van der Waals surface area contributed by atoms with Crippen LogP contribution in [0.3, 0.4) is 0 Å². The van der Waals surface area contributed by atoms with Gasteiger partial charge in [0.1, 0.15) is 5.69 Å². The molecule has 1 aromatic carbocycles. The lowest BCUT2D eigenvalue weighted by Gasteiger charge is -2.01. The predicted molar refractivity (Wildman–Crippen MR) is 88.4 cm³/mol. The van der Waals surface area contributed by atoms with Crippen molar-refractivity contribution in [2.24, 2.45) is 7.05 Å². The second kappa shape index (κ2) is 6.44. The van der Waals surface area contributed by atoms with Gasteiger partial charge in [-0.3, -0.25) is 14.6 Å². The zero-order chi connectivity index (χ0) is 16.4. The molecule has 8 heteroatoms. The maximum atomic E-state index is 12.1. The van der Waals surface area contributed by atoms with Gasteiger partial charge in [-0.2, -0.15) is 10.2 Å². The van der Waals surface area contributed by atoms with Gasteiger partial charge in [-0.25, -0.2) is 0 Å². The molecule has 0 atom stereocenters. The molecule has 0 saturated heterocycles. The number of aromatic amines is 1. The summed E-state index contributed by atoms with van der Waals surface area (Å²) in [5.74, 6) is -0.252. The quantitative estimate of drug-likeness (QED) is 0.759. The number of aryl methyl sites for hydroxylation is 1. The predicted octanol–water partition coefficient (Wildman–Crippen LogP) is 3.05. The Labute approximate surface area is 142 Å². The van der Waals surface area contributed by atoms with Crippen molar-refractivity contribution in [3.05, 3.63) is 58.0 Å². The molecule has 6 nitrogen and oxygen atoms in total. The van der Waals surface area contributed by atoms with Crippen LogP contribution in [0.4, 0.5) is 0 Å². The van der Waals surface area contributed by atoms with Crippen LogP contribution in [0.2, 0.25) is 10.0 Å². The van der Waals surface area contributed by atoms with Gasteiger partial charge >= 0.3 is 0 Å². The summed E-state index contributed by atoms with van der Waals surface area (Å²) in [5.41, 5.74) is 2.56. The summed E-state index contributed by atoms with van der Waals surface area (Å²) in [4.78, 5) is 12.1. The molecule has 118 valence electrons. The van der Waals surface area contributed by atoms with Crippen molar-refractivity contribution < 1.29 is 4.79 Å². The number of halogens is 2. The number of nitrogens with one attached hydrogen (secondary N) is 2. The van der Waals surface area contributed by atoms with Crippen molar-refractivity contribution in [3.8, 4) is 11.3 Å². The Morgan fingerprint density at radius 2 is 2.17 bits per heavy atom. The van der Waals surface area contributed by atoms with Crippen molar-refractivity contribution >= 4 is 29.1 Å². The number of hydrogen-bond donors (Lipinski definition) is 2. The molecule has 2 aromatic heterocycles. The van der Waals surface area contributed by atoms with E-state index in [1.54, 1.807) is 35.1 Å². The summed E-state index contributed by atoms with van der Waals surface area (Å²) in [7, 11) is 1.82. The Bertz CT molecular complexity index is 855. The maximum Gasteiger partial charge on any atom is 0.269 e. The number of carbonyl (C=O) groups is 1. The first kappa shape index (κ1) is 15.6. The average molecular weight is 350 g/mol. The number of hydrogen-bond acceptors (Lipinski definition) is 3. The smallest absolute Gasteiger partial charge is 0.269 e. The fourth-order valence-corrected chi connectivity index (χ4v) is 2.62. The first-order valence-corrected chi connectivity index (χ1v) is 7.55. The standard InChI is InChI=1S/C15H13Cl2N5O/c1-22-8-9(7-19-22)6-18-15(23)14-5-13(20-21-14)11-3-2-10(16)4-12(11)17/h2-5,7-8H,6H2,1H3,(H,18,23)(H,20,21). The van der Waals surface area contributed by atoms with Crippen LogP contribution in [-0.4, -0.2) is 25.9 Å². The lowest BCUT2D eigenvalue weighted by molar-refractivity contribution is 0.0946. The van der Waals surface area contributed by atoms with Gasteiger partial charge in [-0.15, -0.1) is 0 Å². The third-order valence-electron chi connectivity index (χ3n) is 3.24. The second-order valence-corrected chi connectivity index (χ2v) is 5.84. The molecule has 0 aliphatic rings. The van der Waals surface area contributed by atoms with Crippen LogP contribution in [0.15, 0.2) is 36.7 Å². The molecule has 2 heterocycles. The zero-order valence-corrected chi connectivity index (χ0v) is 13.7. The SMILES string of the molecule is Cn1cc(CNC(=O)c2cc(-c3ccc(Cl)cc3Cl)n[nH]2)cn1. The Hall–Kier alpha value is -2.31. The molecule has 0 bridgehead atoms. The third kappa shape index (κ3) is 3.55. The summed E-state index contributed by atoms with van der Waals surface area (Å²) in [5, 5.41) is 14.7. The molecule has 0 radical (unpaired) electrons. The van der Waals surface area contributed by atoms with E-state index in [-0.39, 0.29) is 5.91 Å². The normalized spacial score (nSPS) is 10.7. The molecule has 2 N–H and O–H groups in total. The van der Waals surface area contributed by atoms with Crippen LogP contribution in [0.25, 0.3) is 11.3 Å². The largest absolute Gasteiger partial charge is 0.347 e. The average Bonchev–Trinajstić information content (AvgIpc) is 3.14. The number of aromatic nitrogens is 4. The molecule has 23 heavy (non-hydrogen) atoms. The van der Waals surface area contributed by atoms with Gasteiger partial charge in [0.25, 0.3) is 5.91 Å². The zero-order valence-electron chi connectivity index (χ0n) is 12.2. The second-order valence-electron chi connectivity index (χ2n) is 5.00. The minimum Gasteiger partial charge on any atom is -0.347 e. The van der Waals surface area contributed by atoms with Gasteiger partial charge in [0.15, 0.2) is 0 Å². The Balaban J connectivity index is 1.72. The van der Waals surface area contributed by atoms with E-state index in [0.29, 0.717) is 33.5 Å². The number of H-pyrrole nitrogens is 1. The van der Waals surface area contributed by atoms with Gasteiger partial charge < -0.3 is 5.32 Å². The highest BCUT2D eigenvalue weighted by Gasteiger charge is 2.13. The van der Waals surface area contributed by atoms with E-state index in [2.05, 4.69) is 20.6 Å². The van der Waals surface area contributed by atoms with Crippen molar-refractivity contribution in [1.29, 1.82) is 0 Å². The lowest BCUT2D eigenvalue weighted by Crippen LogP contribution is -2.22. The molecule has 0 unspecified atom stereocenters. The fourth-order valence-electron chi connectivity index (χ4n) is 2.11. The van der Waals surface area contributed by atoms with Gasteiger partial charge in [0, 0.05) is 35.9 Å². The summed E-state index contributed by atoms with van der Waals surface area (Å²) >= 11 is 12.0. The topological polar surface area (TPSA) is 75.6 Å². The lowest BCUT2D eigenvalue weighted by atomic mass is 10.1. The van der Waals surface area contributed by atoms with Crippen LogP contribution in [0.1, 0.15) is 16.1 Å². The van der Waals surface area contributed by atoms with Crippen LogP contribution < -0.4 is 5.32 Å². The molecule has 1 amide bonds. The highest BCUT2D eigenvalue weighted by atomic mass is 35.5. The molecule has 0 fully saturated rings. The number of amides is 1. The molecule has 0 aliphatic heterocycles. The van der Waals surface area contributed by atoms with Gasteiger partial charge in [0.05, 0.1) is 16.9 Å². The van der Waals surface area contributed by atoms with Crippen molar-refractivity contribution in [2.45, 2.75) is 6.54 Å². The van der Waals surface area contributed by atoms with E-state index >= 15 is 0 Å². The molecule has 0 saturated carbocycles. The van der Waals surface area contributed by atoms with E-state index in [9.17, 15) is 4.79 Å². The highest BCUT2D eigenvalue weighted by molar-refractivity contribution is 6.36. The number of nitrogens with zero attached hydrogens (tertiary/aromatic N) is 3. The van der Waals surface area contributed by atoms with Crippen LogP contribution >= 0.6 is 23.2 Å². The van der Waals surface area contributed by atoms with Crippen LogP contribution in [0, 0.1) is 0 Å². The monoisotopic (exact) mass is 349 g/mol. The van der Waals surface area contributed by atoms with E-state index < -0.39 is 0 Å². The number of carbonyl (C=O) groups excluding carboxylic acids is 1. The Kier molecular flexibility index (Phi) is 4.36. The van der Waals surface area contributed by atoms with Crippen LogP contribution in [-0.2, 0) is 13.6 Å². The van der Waals surface area contributed by atoms with E-state index in [1.807, 2.05) is 13.2 Å². The fraction of sp³-hybridized carbons (Fsp3) is 0.133. The molecular formula is C15H13Cl2N5O. The minimum atomic E-state index is -0.252. The van der Waals surface area contributed by atoms with Gasteiger partial charge in [0.2, 0.25) is 0 Å². The summed E-state index contributed by atoms with van der Waals surface area (Å²) < 4.78 is 1.68. The maximum absolute atomic E-state index is 12.1. The van der Waals surface area contributed by atoms with E-state index in [4.69, 9.17) is 23.2 Å². The first-order chi connectivity index (χ1) is 11.0. The summed E-state index contributed by atoms with van der Waals surface area (Å²) in [6.45, 7) is 0.392. The van der Waals surface area contributed by atoms with E-state index in [0.717, 1.165) is 5.56 Å².